The molecule has 0 atom stereocenters. The number of halogens is 1. The molecule has 2 N–H and O–H groups in total. The van der Waals surface area contributed by atoms with Crippen molar-refractivity contribution in [3.63, 3.8) is 0 Å². The van der Waals surface area contributed by atoms with Crippen LogP contribution in [0.25, 0.3) is 0 Å². The summed E-state index contributed by atoms with van der Waals surface area (Å²) in [7, 11) is 1.14. The number of methoxy groups -OCH3 is 1. The highest BCUT2D eigenvalue weighted by Gasteiger charge is 2.15. The molecular weight excluding hydrogens is 187 g/mol. The molecule has 0 heterocycles. The smallest absolute Gasteiger partial charge is 0.339 e. The summed E-state index contributed by atoms with van der Waals surface area (Å²) < 4.78 is 17.2. The zero-order valence-electron chi connectivity index (χ0n) is 7.37. The molecule has 0 aromatic heterocycles. The van der Waals surface area contributed by atoms with Gasteiger partial charge in [0.05, 0.1) is 23.9 Å². The fraction of sp³-hybridized carbons (Fsp3) is 0.111. The van der Waals surface area contributed by atoms with Crippen LogP contribution in [0.4, 0.5) is 10.1 Å². The Bertz CT molecular complexity index is 424. The Morgan fingerprint density at radius 1 is 1.64 bits per heavy atom. The van der Waals surface area contributed by atoms with E-state index in [1.807, 2.05) is 0 Å². The highest BCUT2D eigenvalue weighted by Crippen LogP contribution is 2.18. The minimum Gasteiger partial charge on any atom is -0.465 e. The normalized spacial score (nSPS) is 9.21. The van der Waals surface area contributed by atoms with Gasteiger partial charge >= 0.3 is 5.97 Å². The predicted molar refractivity (Wildman–Crippen MR) is 46.9 cm³/mol. The van der Waals surface area contributed by atoms with Gasteiger partial charge in [-0.3, -0.25) is 0 Å². The zero-order chi connectivity index (χ0) is 10.7. The minimum atomic E-state index is -0.784. The number of ether oxygens (including phenoxy) is 1. The monoisotopic (exact) mass is 194 g/mol. The van der Waals surface area contributed by atoms with E-state index in [4.69, 9.17) is 11.0 Å². The number of carbonyl (C=O) groups excluding carboxylic acids is 1. The van der Waals surface area contributed by atoms with Crippen LogP contribution in [0.5, 0.6) is 0 Å². The lowest BCUT2D eigenvalue weighted by Crippen LogP contribution is -2.07. The maximum atomic E-state index is 12.8. The summed E-state index contributed by atoms with van der Waals surface area (Å²) in [5.74, 6) is -1.46. The summed E-state index contributed by atoms with van der Waals surface area (Å²) in [5, 5.41) is 8.67. The first-order valence-electron chi connectivity index (χ1n) is 3.67. The van der Waals surface area contributed by atoms with Gasteiger partial charge < -0.3 is 10.5 Å². The van der Waals surface area contributed by atoms with E-state index in [-0.39, 0.29) is 16.8 Å². The summed E-state index contributed by atoms with van der Waals surface area (Å²) in [6.07, 6.45) is 0. The number of benzene rings is 1. The van der Waals surface area contributed by atoms with Gasteiger partial charge in [-0.1, -0.05) is 0 Å². The standard InChI is InChI=1S/C9H7FN2O2/c1-14-9(13)6-2-5(10)3-8(12)7(6)4-11/h2-3H,12H2,1H3. The fourth-order valence-corrected chi connectivity index (χ4v) is 1.02. The third-order valence-corrected chi connectivity index (χ3v) is 1.65. The molecule has 0 amide bonds. The van der Waals surface area contributed by atoms with Gasteiger partial charge in [-0.25, -0.2) is 9.18 Å². The van der Waals surface area contributed by atoms with E-state index in [2.05, 4.69) is 4.74 Å². The second-order valence-corrected chi connectivity index (χ2v) is 2.52. The molecule has 0 fully saturated rings. The number of nitrogens with zero attached hydrogens (tertiary/aromatic N) is 1. The van der Waals surface area contributed by atoms with E-state index in [1.165, 1.54) is 0 Å². The van der Waals surface area contributed by atoms with E-state index >= 15 is 0 Å². The first kappa shape index (κ1) is 9.99. The zero-order valence-corrected chi connectivity index (χ0v) is 7.37. The van der Waals surface area contributed by atoms with Gasteiger partial charge in [-0.15, -0.1) is 0 Å². The second kappa shape index (κ2) is 3.75. The lowest BCUT2D eigenvalue weighted by Gasteiger charge is -2.04. The molecule has 0 aliphatic carbocycles. The number of hydrogen-bond donors (Lipinski definition) is 1. The number of nitriles is 1. The number of carbonyl (C=O) groups is 1. The highest BCUT2D eigenvalue weighted by atomic mass is 19.1. The van der Waals surface area contributed by atoms with Crippen LogP contribution in [-0.4, -0.2) is 13.1 Å². The second-order valence-electron chi connectivity index (χ2n) is 2.52. The van der Waals surface area contributed by atoms with E-state index in [9.17, 15) is 9.18 Å². The van der Waals surface area contributed by atoms with Gasteiger partial charge in [-0.2, -0.15) is 5.26 Å². The third-order valence-electron chi connectivity index (χ3n) is 1.65. The van der Waals surface area contributed by atoms with Crippen molar-refractivity contribution in [2.24, 2.45) is 0 Å². The number of anilines is 1. The average molecular weight is 194 g/mol. The van der Waals surface area contributed by atoms with Crippen LogP contribution in [0.2, 0.25) is 0 Å². The van der Waals surface area contributed by atoms with Crippen LogP contribution >= 0.6 is 0 Å². The molecule has 14 heavy (non-hydrogen) atoms. The van der Waals surface area contributed by atoms with Gasteiger partial charge in [0.15, 0.2) is 0 Å². The Labute approximate surface area is 79.7 Å². The Morgan fingerprint density at radius 3 is 2.79 bits per heavy atom. The van der Waals surface area contributed by atoms with Crippen molar-refractivity contribution in [3.05, 3.63) is 29.1 Å². The first-order chi connectivity index (χ1) is 6.60. The molecule has 0 bridgehead atoms. The quantitative estimate of drug-likeness (QED) is 0.535. The van der Waals surface area contributed by atoms with Crippen molar-refractivity contribution >= 4 is 11.7 Å². The van der Waals surface area contributed by atoms with Gasteiger partial charge in [0.1, 0.15) is 11.9 Å². The van der Waals surface area contributed by atoms with Gasteiger partial charge in [0, 0.05) is 0 Å². The number of nitrogens with two attached hydrogens (primary N) is 1. The highest BCUT2D eigenvalue weighted by molar-refractivity contribution is 5.94. The number of hydrogen-bond acceptors (Lipinski definition) is 4. The summed E-state index contributed by atoms with van der Waals surface area (Å²) in [6.45, 7) is 0. The molecule has 1 aromatic carbocycles. The molecule has 0 radical (unpaired) electrons. The van der Waals surface area contributed by atoms with Crippen molar-refractivity contribution in [1.82, 2.24) is 0 Å². The van der Waals surface area contributed by atoms with E-state index < -0.39 is 11.8 Å². The van der Waals surface area contributed by atoms with Crippen LogP contribution in [0, 0.1) is 17.1 Å². The van der Waals surface area contributed by atoms with Crippen molar-refractivity contribution in [3.8, 4) is 6.07 Å². The molecule has 0 saturated heterocycles. The minimum absolute atomic E-state index is 0.0711. The molecule has 1 aromatic rings. The van der Waals surface area contributed by atoms with Crippen LogP contribution in [0.1, 0.15) is 15.9 Å². The van der Waals surface area contributed by atoms with Crippen LogP contribution in [0.15, 0.2) is 12.1 Å². The summed E-state index contributed by atoms with van der Waals surface area (Å²) in [6, 6.07) is 3.61. The lowest BCUT2D eigenvalue weighted by molar-refractivity contribution is 0.0600. The Morgan fingerprint density at radius 2 is 2.29 bits per heavy atom. The Hall–Kier alpha value is -2.09. The molecule has 0 spiro atoms. The Kier molecular flexibility index (Phi) is 2.67. The molecule has 4 nitrogen and oxygen atoms in total. The number of nitrogen functional groups attached to an aromatic ring is 1. The average Bonchev–Trinajstić information content (AvgIpc) is 2.15. The SMILES string of the molecule is COC(=O)c1cc(F)cc(N)c1C#N. The van der Waals surface area contributed by atoms with E-state index in [1.54, 1.807) is 6.07 Å². The van der Waals surface area contributed by atoms with Gasteiger partial charge in [0.25, 0.3) is 0 Å². The van der Waals surface area contributed by atoms with Crippen LogP contribution < -0.4 is 5.73 Å². The summed E-state index contributed by atoms with van der Waals surface area (Å²) in [4.78, 5) is 11.1. The predicted octanol–water partition coefficient (Wildman–Crippen LogP) is 1.07. The molecule has 0 unspecified atom stereocenters. The molecule has 0 aliphatic heterocycles. The molecule has 0 aliphatic rings. The van der Waals surface area contributed by atoms with Crippen LogP contribution in [-0.2, 0) is 4.74 Å². The summed E-state index contributed by atoms with van der Waals surface area (Å²) >= 11 is 0. The fourth-order valence-electron chi connectivity index (χ4n) is 1.02. The summed E-state index contributed by atoms with van der Waals surface area (Å²) in [5.41, 5.74) is 5.05. The maximum Gasteiger partial charge on any atom is 0.339 e. The van der Waals surface area contributed by atoms with Crippen molar-refractivity contribution in [2.45, 2.75) is 0 Å². The van der Waals surface area contributed by atoms with Crippen molar-refractivity contribution < 1.29 is 13.9 Å². The third kappa shape index (κ3) is 1.64. The molecule has 5 heteroatoms. The topological polar surface area (TPSA) is 76.1 Å². The van der Waals surface area contributed by atoms with Gasteiger partial charge in [-0.05, 0) is 12.1 Å². The molecule has 0 saturated carbocycles. The lowest BCUT2D eigenvalue weighted by atomic mass is 10.1. The van der Waals surface area contributed by atoms with Crippen molar-refractivity contribution in [1.29, 1.82) is 5.26 Å². The van der Waals surface area contributed by atoms with Gasteiger partial charge in [0.2, 0.25) is 0 Å². The molecule has 72 valence electrons. The first-order valence-corrected chi connectivity index (χ1v) is 3.67. The number of rotatable bonds is 1. The molecular formula is C9H7FN2O2. The van der Waals surface area contributed by atoms with Crippen molar-refractivity contribution in [2.75, 3.05) is 12.8 Å². The number of esters is 1. The van der Waals surface area contributed by atoms with E-state index in [0.717, 1.165) is 19.2 Å². The largest absolute Gasteiger partial charge is 0.465 e. The molecule has 1 rings (SSSR count). The maximum absolute atomic E-state index is 12.8. The van der Waals surface area contributed by atoms with Crippen LogP contribution in [0.3, 0.4) is 0 Å². The Balaban J connectivity index is 3.41. The van der Waals surface area contributed by atoms with E-state index in [0.29, 0.717) is 0 Å².